The molecular weight excluding hydrogens is 316 g/mol. The molecule has 2 N–H and O–H groups in total. The molecule has 0 radical (unpaired) electrons. The molecule has 0 aliphatic carbocycles. The smallest absolute Gasteiger partial charge is 0.259 e. The summed E-state index contributed by atoms with van der Waals surface area (Å²) in [5.41, 5.74) is 1.71. The van der Waals surface area contributed by atoms with Crippen molar-refractivity contribution in [1.82, 2.24) is 0 Å². The normalized spacial score (nSPS) is 10.6. The number of nitrogens with one attached hydrogen (secondary N) is 2. The van der Waals surface area contributed by atoms with Crippen molar-refractivity contribution in [3.05, 3.63) is 54.1 Å². The van der Waals surface area contributed by atoms with Gasteiger partial charge in [-0.1, -0.05) is 32.0 Å². The Morgan fingerprint density at radius 3 is 2.16 bits per heavy atom. The molecule has 0 fully saturated rings. The van der Waals surface area contributed by atoms with Crippen molar-refractivity contribution in [2.75, 3.05) is 10.6 Å². The minimum Gasteiger partial charge on any atom is -0.490 e. The van der Waals surface area contributed by atoms with Gasteiger partial charge in [0.25, 0.3) is 5.91 Å². The highest BCUT2D eigenvalue weighted by molar-refractivity contribution is 6.06. The van der Waals surface area contributed by atoms with Crippen LogP contribution in [0.15, 0.2) is 48.5 Å². The fourth-order valence-corrected chi connectivity index (χ4v) is 2.17. The summed E-state index contributed by atoms with van der Waals surface area (Å²) in [5, 5.41) is 5.66. The summed E-state index contributed by atoms with van der Waals surface area (Å²) in [5.74, 6) is 0.0975. The van der Waals surface area contributed by atoms with Crippen molar-refractivity contribution >= 4 is 23.2 Å². The number of rotatable bonds is 6. The number of hydrogen-bond donors (Lipinski definition) is 2. The SMILES string of the molecule is CC(C)Oc1ccccc1C(=O)Nc1cccc(NC(=O)C(C)C)c1. The molecule has 132 valence electrons. The van der Waals surface area contributed by atoms with Gasteiger partial charge in [0.15, 0.2) is 0 Å². The molecule has 0 unspecified atom stereocenters. The Bertz CT molecular complexity index is 754. The minimum absolute atomic E-state index is 0.0245. The third kappa shape index (κ3) is 5.35. The van der Waals surface area contributed by atoms with Crippen LogP contribution < -0.4 is 15.4 Å². The fraction of sp³-hybridized carbons (Fsp3) is 0.300. The van der Waals surface area contributed by atoms with Crippen molar-refractivity contribution in [2.45, 2.75) is 33.8 Å². The maximum absolute atomic E-state index is 12.6. The highest BCUT2D eigenvalue weighted by atomic mass is 16.5. The highest BCUT2D eigenvalue weighted by Crippen LogP contribution is 2.22. The third-order valence-corrected chi connectivity index (χ3v) is 3.41. The zero-order chi connectivity index (χ0) is 18.4. The molecule has 0 aliphatic rings. The van der Waals surface area contributed by atoms with E-state index in [0.717, 1.165) is 0 Å². The first-order valence-electron chi connectivity index (χ1n) is 8.34. The number of carbonyl (C=O) groups is 2. The molecule has 0 aliphatic heterocycles. The summed E-state index contributed by atoms with van der Waals surface area (Å²) in [6, 6.07) is 14.2. The molecule has 0 spiro atoms. The predicted octanol–water partition coefficient (Wildman–Crippen LogP) is 4.32. The van der Waals surface area contributed by atoms with Crippen molar-refractivity contribution in [3.63, 3.8) is 0 Å². The quantitative estimate of drug-likeness (QED) is 0.823. The Kier molecular flexibility index (Phi) is 6.17. The summed E-state index contributed by atoms with van der Waals surface area (Å²) in [6.07, 6.45) is -0.0245. The first-order chi connectivity index (χ1) is 11.9. The van der Waals surface area contributed by atoms with E-state index >= 15 is 0 Å². The summed E-state index contributed by atoms with van der Waals surface area (Å²) in [4.78, 5) is 24.4. The van der Waals surface area contributed by atoms with Crippen LogP contribution in [0.5, 0.6) is 5.75 Å². The molecule has 5 heteroatoms. The molecule has 2 rings (SSSR count). The Morgan fingerprint density at radius 1 is 0.880 bits per heavy atom. The Balaban J connectivity index is 2.15. The first-order valence-corrected chi connectivity index (χ1v) is 8.34. The number of anilines is 2. The van der Waals surface area contributed by atoms with E-state index in [1.165, 1.54) is 0 Å². The second kappa shape index (κ2) is 8.33. The number of hydrogen-bond acceptors (Lipinski definition) is 3. The molecule has 0 saturated heterocycles. The van der Waals surface area contributed by atoms with Gasteiger partial charge < -0.3 is 15.4 Å². The molecular formula is C20H24N2O3. The lowest BCUT2D eigenvalue weighted by Gasteiger charge is -2.14. The van der Waals surface area contributed by atoms with E-state index in [-0.39, 0.29) is 23.8 Å². The number of ether oxygens (including phenoxy) is 1. The lowest BCUT2D eigenvalue weighted by Crippen LogP contribution is -2.18. The zero-order valence-electron chi connectivity index (χ0n) is 15.0. The van der Waals surface area contributed by atoms with Gasteiger partial charge in [-0.05, 0) is 44.2 Å². The van der Waals surface area contributed by atoms with E-state index in [9.17, 15) is 9.59 Å². The zero-order valence-corrected chi connectivity index (χ0v) is 15.0. The molecule has 0 aromatic heterocycles. The largest absolute Gasteiger partial charge is 0.490 e. The molecule has 0 atom stereocenters. The molecule has 2 aromatic carbocycles. The van der Waals surface area contributed by atoms with Crippen LogP contribution in [0.3, 0.4) is 0 Å². The monoisotopic (exact) mass is 340 g/mol. The van der Waals surface area contributed by atoms with Crippen LogP contribution in [0.4, 0.5) is 11.4 Å². The maximum atomic E-state index is 12.6. The van der Waals surface area contributed by atoms with Crippen LogP contribution in [-0.4, -0.2) is 17.9 Å². The number of para-hydroxylation sites is 1. The number of amides is 2. The predicted molar refractivity (Wildman–Crippen MR) is 100 cm³/mol. The first kappa shape index (κ1) is 18.5. The summed E-state index contributed by atoms with van der Waals surface area (Å²) >= 11 is 0. The molecule has 5 nitrogen and oxygen atoms in total. The average Bonchev–Trinajstić information content (AvgIpc) is 2.55. The molecule has 0 saturated carbocycles. The summed E-state index contributed by atoms with van der Waals surface area (Å²) < 4.78 is 5.69. The lowest BCUT2D eigenvalue weighted by atomic mass is 10.1. The lowest BCUT2D eigenvalue weighted by molar-refractivity contribution is -0.118. The van der Waals surface area contributed by atoms with Crippen LogP contribution in [-0.2, 0) is 4.79 Å². The van der Waals surface area contributed by atoms with Crippen LogP contribution in [0.25, 0.3) is 0 Å². The molecule has 2 aromatic rings. The van der Waals surface area contributed by atoms with Gasteiger partial charge in [-0.25, -0.2) is 0 Å². The molecule has 25 heavy (non-hydrogen) atoms. The number of carbonyl (C=O) groups excluding carboxylic acids is 2. The Labute approximate surface area is 148 Å². The fourth-order valence-electron chi connectivity index (χ4n) is 2.17. The van der Waals surface area contributed by atoms with Crippen LogP contribution >= 0.6 is 0 Å². The van der Waals surface area contributed by atoms with Gasteiger partial charge >= 0.3 is 0 Å². The Hall–Kier alpha value is -2.82. The average molecular weight is 340 g/mol. The van der Waals surface area contributed by atoms with Gasteiger partial charge in [-0.3, -0.25) is 9.59 Å². The van der Waals surface area contributed by atoms with E-state index in [1.54, 1.807) is 42.5 Å². The third-order valence-electron chi connectivity index (χ3n) is 3.41. The van der Waals surface area contributed by atoms with Crippen LogP contribution in [0.1, 0.15) is 38.1 Å². The van der Waals surface area contributed by atoms with Gasteiger partial charge in [-0.2, -0.15) is 0 Å². The van der Waals surface area contributed by atoms with E-state index < -0.39 is 0 Å². The van der Waals surface area contributed by atoms with Gasteiger partial charge in [0.1, 0.15) is 5.75 Å². The minimum atomic E-state index is -0.261. The Morgan fingerprint density at radius 2 is 1.52 bits per heavy atom. The molecule has 0 heterocycles. The van der Waals surface area contributed by atoms with Crippen molar-refractivity contribution in [1.29, 1.82) is 0 Å². The van der Waals surface area contributed by atoms with E-state index in [2.05, 4.69) is 10.6 Å². The topological polar surface area (TPSA) is 67.4 Å². The van der Waals surface area contributed by atoms with Gasteiger partial charge in [0, 0.05) is 17.3 Å². The van der Waals surface area contributed by atoms with Gasteiger partial charge in [0.05, 0.1) is 11.7 Å². The van der Waals surface area contributed by atoms with Gasteiger partial charge in [-0.15, -0.1) is 0 Å². The number of benzene rings is 2. The molecule has 0 bridgehead atoms. The van der Waals surface area contributed by atoms with Crippen molar-refractivity contribution < 1.29 is 14.3 Å². The standard InChI is InChI=1S/C20H24N2O3/c1-13(2)19(23)21-15-8-7-9-16(12-15)22-20(24)17-10-5-6-11-18(17)25-14(3)4/h5-14H,1-4H3,(H,21,23)(H,22,24). The highest BCUT2D eigenvalue weighted by Gasteiger charge is 2.14. The maximum Gasteiger partial charge on any atom is 0.259 e. The second-order valence-electron chi connectivity index (χ2n) is 6.34. The van der Waals surface area contributed by atoms with Crippen molar-refractivity contribution in [2.24, 2.45) is 5.92 Å². The summed E-state index contributed by atoms with van der Waals surface area (Å²) in [7, 11) is 0. The summed E-state index contributed by atoms with van der Waals surface area (Å²) in [6.45, 7) is 7.48. The van der Waals surface area contributed by atoms with Crippen molar-refractivity contribution in [3.8, 4) is 5.75 Å². The van der Waals surface area contributed by atoms with E-state index in [0.29, 0.717) is 22.7 Å². The van der Waals surface area contributed by atoms with E-state index in [4.69, 9.17) is 4.74 Å². The molecule has 2 amide bonds. The van der Waals surface area contributed by atoms with E-state index in [1.807, 2.05) is 33.8 Å². The second-order valence-corrected chi connectivity index (χ2v) is 6.34. The van der Waals surface area contributed by atoms with Crippen LogP contribution in [0.2, 0.25) is 0 Å². The van der Waals surface area contributed by atoms with Crippen LogP contribution in [0, 0.1) is 5.92 Å². The van der Waals surface area contributed by atoms with Gasteiger partial charge in [0.2, 0.25) is 5.91 Å².